The van der Waals surface area contributed by atoms with Crippen LogP contribution >= 0.6 is 11.3 Å². The van der Waals surface area contributed by atoms with Crippen molar-refractivity contribution in [3.63, 3.8) is 0 Å². The Morgan fingerprint density at radius 2 is 1.85 bits per heavy atom. The molecule has 212 valence electrons. The fraction of sp³-hybridized carbons (Fsp3) is 0.345. The highest BCUT2D eigenvalue weighted by molar-refractivity contribution is 7.10. The second-order valence-electron chi connectivity index (χ2n) is 8.25. The Bertz CT molecular complexity index is 1310. The van der Waals surface area contributed by atoms with Crippen molar-refractivity contribution in [2.45, 2.75) is 41.0 Å². The minimum Gasteiger partial charge on any atom is -0.378 e. The Kier molecular flexibility index (Phi) is 12.4. The Morgan fingerprint density at radius 3 is 2.55 bits per heavy atom. The predicted octanol–water partition coefficient (Wildman–Crippen LogP) is 6.53. The van der Waals surface area contributed by atoms with Gasteiger partial charge in [-0.15, -0.1) is 11.3 Å². The van der Waals surface area contributed by atoms with E-state index in [0.29, 0.717) is 32.0 Å². The summed E-state index contributed by atoms with van der Waals surface area (Å²) in [6, 6.07) is 3.79. The molecule has 2 N–H and O–H groups in total. The lowest BCUT2D eigenvalue weighted by molar-refractivity contribution is 0.122. The van der Waals surface area contributed by atoms with Gasteiger partial charge in [0.2, 0.25) is 5.95 Å². The fourth-order valence-electron chi connectivity index (χ4n) is 3.75. The fourth-order valence-corrected chi connectivity index (χ4v) is 4.39. The van der Waals surface area contributed by atoms with E-state index in [4.69, 9.17) is 4.74 Å². The smallest absolute Gasteiger partial charge is 0.245 e. The van der Waals surface area contributed by atoms with Gasteiger partial charge in [-0.3, -0.25) is 9.97 Å². The van der Waals surface area contributed by atoms with Crippen molar-refractivity contribution in [2.75, 3.05) is 41.9 Å². The van der Waals surface area contributed by atoms with Crippen molar-refractivity contribution in [1.29, 1.82) is 0 Å². The number of hydrogen-bond donors (Lipinski definition) is 2. The first-order valence-electron chi connectivity index (χ1n) is 13.5. The van der Waals surface area contributed by atoms with Crippen LogP contribution in [0, 0.1) is 5.82 Å². The van der Waals surface area contributed by atoms with Gasteiger partial charge in [-0.1, -0.05) is 39.3 Å². The molecule has 9 nitrogen and oxygen atoms in total. The molecule has 4 heterocycles. The van der Waals surface area contributed by atoms with Crippen LogP contribution in [0.5, 0.6) is 0 Å². The van der Waals surface area contributed by atoms with E-state index >= 15 is 0 Å². The van der Waals surface area contributed by atoms with Crippen LogP contribution in [0.2, 0.25) is 0 Å². The highest BCUT2D eigenvalue weighted by Crippen LogP contribution is 2.27. The highest BCUT2D eigenvalue weighted by Gasteiger charge is 2.17. The van der Waals surface area contributed by atoms with E-state index in [-0.39, 0.29) is 11.8 Å². The summed E-state index contributed by atoms with van der Waals surface area (Å²) in [6.07, 6.45) is 13.7. The van der Waals surface area contributed by atoms with Gasteiger partial charge in [0.05, 0.1) is 53.6 Å². The zero-order valence-corrected chi connectivity index (χ0v) is 24.5. The molecule has 1 aliphatic heterocycles. The minimum atomic E-state index is -0.473. The van der Waals surface area contributed by atoms with Crippen LogP contribution < -0.4 is 15.6 Å². The van der Waals surface area contributed by atoms with Gasteiger partial charge in [-0.2, -0.15) is 10.1 Å². The van der Waals surface area contributed by atoms with Gasteiger partial charge in [0.15, 0.2) is 11.6 Å². The highest BCUT2D eigenvalue weighted by atomic mass is 32.1. The second kappa shape index (κ2) is 16.2. The maximum absolute atomic E-state index is 14.2. The van der Waals surface area contributed by atoms with Crippen molar-refractivity contribution in [1.82, 2.24) is 19.9 Å². The summed E-state index contributed by atoms with van der Waals surface area (Å²) in [7, 11) is 0. The Hall–Kier alpha value is -3.96. The zero-order chi connectivity index (χ0) is 28.7. The maximum Gasteiger partial charge on any atom is 0.245 e. The summed E-state index contributed by atoms with van der Waals surface area (Å²) in [4.78, 5) is 19.8. The van der Waals surface area contributed by atoms with Crippen molar-refractivity contribution >= 4 is 40.6 Å². The molecule has 5 rings (SSSR count). The average Bonchev–Trinajstić information content (AvgIpc) is 3.48. The number of rotatable bonds is 7. The Balaban J connectivity index is 0.00000106. The monoisotopic (exact) mass is 564 g/mol. The van der Waals surface area contributed by atoms with Crippen LogP contribution in [0.4, 0.5) is 21.8 Å². The largest absolute Gasteiger partial charge is 0.378 e. The van der Waals surface area contributed by atoms with Crippen molar-refractivity contribution in [2.24, 2.45) is 5.10 Å². The van der Waals surface area contributed by atoms with Crippen LogP contribution in [0.1, 0.15) is 51.6 Å². The van der Waals surface area contributed by atoms with Crippen molar-refractivity contribution in [3.05, 3.63) is 82.1 Å². The van der Waals surface area contributed by atoms with Crippen LogP contribution in [0.15, 0.2) is 70.8 Å². The van der Waals surface area contributed by atoms with E-state index < -0.39 is 5.82 Å². The van der Waals surface area contributed by atoms with Crippen LogP contribution in [-0.4, -0.2) is 52.5 Å². The minimum absolute atomic E-state index is 0.208. The standard InChI is InChI=1S/C25H25FN8OS.2C2H6/c1-17-2-3-18(23-15-27-16-36-23)11-21(10-17)31-20-5-4-19(28-12-20)13-30-33-25-29-14-22(26)24(32-25)34-6-8-35-9-7-34;2*1-2/h3-5,10-16,31H,2,6-9H2,1H3,(H,29,32,33);2*1-2H3/b30-13+;;. The van der Waals surface area contributed by atoms with E-state index in [2.05, 4.69) is 60.9 Å². The van der Waals surface area contributed by atoms with E-state index in [1.807, 2.05) is 56.4 Å². The molecule has 0 bridgehead atoms. The number of allylic oxidation sites excluding steroid dienone is 5. The van der Waals surface area contributed by atoms with Gasteiger partial charge in [0.25, 0.3) is 0 Å². The number of nitrogens with zero attached hydrogens (tertiary/aromatic N) is 6. The molecule has 0 unspecified atom stereocenters. The summed E-state index contributed by atoms with van der Waals surface area (Å²) in [5, 5.41) is 7.58. The van der Waals surface area contributed by atoms with Crippen LogP contribution in [-0.2, 0) is 4.74 Å². The van der Waals surface area contributed by atoms with Gasteiger partial charge >= 0.3 is 0 Å². The number of pyridine rings is 1. The molecule has 40 heavy (non-hydrogen) atoms. The molecule has 0 amide bonds. The normalized spacial score (nSPS) is 14.9. The first-order valence-corrected chi connectivity index (χ1v) is 14.4. The summed E-state index contributed by atoms with van der Waals surface area (Å²) in [6.45, 7) is 12.4. The molecule has 3 aromatic rings. The van der Waals surface area contributed by atoms with Gasteiger partial charge in [-0.25, -0.2) is 14.8 Å². The molecule has 2 aliphatic rings. The zero-order valence-electron chi connectivity index (χ0n) is 23.7. The van der Waals surface area contributed by atoms with Crippen molar-refractivity contribution in [3.8, 4) is 0 Å². The van der Waals surface area contributed by atoms with Crippen LogP contribution in [0.25, 0.3) is 5.57 Å². The van der Waals surface area contributed by atoms with Gasteiger partial charge in [0, 0.05) is 25.0 Å². The molecule has 1 saturated heterocycles. The van der Waals surface area contributed by atoms with Gasteiger partial charge in [0.1, 0.15) is 0 Å². The first-order chi connectivity index (χ1) is 19.6. The average molecular weight is 565 g/mol. The quantitative estimate of drug-likeness (QED) is 0.247. The number of aromatic nitrogens is 4. The van der Waals surface area contributed by atoms with E-state index in [1.54, 1.807) is 23.7 Å². The molecule has 3 aromatic heterocycles. The topological polar surface area (TPSA) is 100 Å². The van der Waals surface area contributed by atoms with Gasteiger partial charge < -0.3 is 15.0 Å². The molecular weight excluding hydrogens is 527 g/mol. The van der Waals surface area contributed by atoms with Crippen molar-refractivity contribution < 1.29 is 9.13 Å². The maximum atomic E-state index is 14.2. The predicted molar refractivity (Wildman–Crippen MR) is 163 cm³/mol. The number of thiazole rings is 1. The number of ether oxygens (including phenoxy) is 1. The molecule has 0 aromatic carbocycles. The lowest BCUT2D eigenvalue weighted by Crippen LogP contribution is -2.37. The van der Waals surface area contributed by atoms with E-state index in [1.165, 1.54) is 5.57 Å². The van der Waals surface area contributed by atoms with E-state index in [0.717, 1.165) is 34.5 Å². The molecule has 0 radical (unpaired) electrons. The molecule has 1 fully saturated rings. The number of hydrazone groups is 1. The molecule has 11 heteroatoms. The summed E-state index contributed by atoms with van der Waals surface area (Å²) < 4.78 is 19.5. The molecule has 0 saturated carbocycles. The number of morpholine rings is 1. The molecule has 0 atom stereocenters. The summed E-state index contributed by atoms with van der Waals surface area (Å²) >= 11 is 1.62. The molecule has 0 spiro atoms. The SMILES string of the molecule is CC.CC.CC1=CC(Nc2ccc(/C=N/Nc3ncc(F)c(N4CCOCC4)n3)nc2)=CC(c2cncs2)=CC1. The number of nitrogens with one attached hydrogen (secondary N) is 2. The molecular formula is C29H37FN8OS. The molecule has 1 aliphatic carbocycles. The third-order valence-electron chi connectivity index (χ3n) is 5.55. The Labute approximate surface area is 239 Å². The third-order valence-corrected chi connectivity index (χ3v) is 6.37. The number of anilines is 3. The van der Waals surface area contributed by atoms with E-state index in [9.17, 15) is 4.39 Å². The van der Waals surface area contributed by atoms with Crippen LogP contribution in [0.3, 0.4) is 0 Å². The van der Waals surface area contributed by atoms with Gasteiger partial charge in [-0.05, 0) is 43.2 Å². The lowest BCUT2D eigenvalue weighted by atomic mass is 10.1. The Morgan fingerprint density at radius 1 is 1.05 bits per heavy atom. The summed E-state index contributed by atoms with van der Waals surface area (Å²) in [5.74, 6) is -0.0237. The lowest BCUT2D eigenvalue weighted by Gasteiger charge is -2.27. The first kappa shape index (κ1) is 30.6. The summed E-state index contributed by atoms with van der Waals surface area (Å²) in [5.41, 5.74) is 9.49. The second-order valence-corrected chi connectivity index (χ2v) is 9.14. The number of hydrogen-bond acceptors (Lipinski definition) is 10. The number of halogens is 1. The third kappa shape index (κ3) is 8.78.